The highest BCUT2D eigenvalue weighted by Crippen LogP contribution is 2.14. The van der Waals surface area contributed by atoms with Gasteiger partial charge in [0.15, 0.2) is 0 Å². The number of nitrogens with one attached hydrogen (secondary N) is 1. The molecular weight excluding hydrogens is 246 g/mol. The number of aromatic nitrogens is 2. The third-order valence-corrected chi connectivity index (χ3v) is 3.78. The highest BCUT2D eigenvalue weighted by molar-refractivity contribution is 7.10. The largest absolute Gasteiger partial charge is 0.352 e. The smallest absolute Gasteiger partial charge is 0.252 e. The number of amides is 1. The summed E-state index contributed by atoms with van der Waals surface area (Å²) >= 11 is 1.64. The second-order valence-electron chi connectivity index (χ2n) is 4.07. The van der Waals surface area contributed by atoms with Crippen molar-refractivity contribution in [3.8, 4) is 0 Å². The van der Waals surface area contributed by atoms with Crippen LogP contribution >= 0.6 is 11.3 Å². The van der Waals surface area contributed by atoms with Gasteiger partial charge >= 0.3 is 0 Å². The first-order chi connectivity index (χ1) is 8.79. The van der Waals surface area contributed by atoms with Crippen LogP contribution in [0, 0.1) is 0 Å². The molecule has 0 aliphatic heterocycles. The maximum absolute atomic E-state index is 11.8. The van der Waals surface area contributed by atoms with E-state index in [0.717, 1.165) is 24.9 Å². The quantitative estimate of drug-likeness (QED) is 0.813. The molecule has 4 nitrogen and oxygen atoms in total. The first-order valence-corrected chi connectivity index (χ1v) is 6.99. The summed E-state index contributed by atoms with van der Waals surface area (Å²) in [4.78, 5) is 17.0. The van der Waals surface area contributed by atoms with E-state index >= 15 is 0 Å². The van der Waals surface area contributed by atoms with E-state index in [-0.39, 0.29) is 5.91 Å². The summed E-state index contributed by atoms with van der Waals surface area (Å²) in [6.07, 6.45) is 7.37. The van der Waals surface area contributed by atoms with Gasteiger partial charge in [-0.2, -0.15) is 0 Å². The van der Waals surface area contributed by atoms with Gasteiger partial charge in [0.1, 0.15) is 0 Å². The molecule has 0 radical (unpaired) electrons. The van der Waals surface area contributed by atoms with Gasteiger partial charge in [0.05, 0.1) is 11.9 Å². The zero-order valence-corrected chi connectivity index (χ0v) is 11.2. The molecule has 2 heterocycles. The Morgan fingerprint density at radius 1 is 1.56 bits per heavy atom. The molecule has 0 saturated heterocycles. The molecule has 0 saturated carbocycles. The van der Waals surface area contributed by atoms with Gasteiger partial charge in [-0.25, -0.2) is 4.98 Å². The highest BCUT2D eigenvalue weighted by Gasteiger charge is 2.06. The van der Waals surface area contributed by atoms with Crippen LogP contribution in [0.15, 0.2) is 30.2 Å². The van der Waals surface area contributed by atoms with Crippen LogP contribution in [0.4, 0.5) is 0 Å². The number of hydrogen-bond acceptors (Lipinski definition) is 3. The zero-order valence-electron chi connectivity index (χ0n) is 10.4. The van der Waals surface area contributed by atoms with E-state index in [4.69, 9.17) is 0 Å². The van der Waals surface area contributed by atoms with Gasteiger partial charge in [-0.15, -0.1) is 11.3 Å². The van der Waals surface area contributed by atoms with Crippen LogP contribution < -0.4 is 5.32 Å². The van der Waals surface area contributed by atoms with Crippen LogP contribution in [-0.4, -0.2) is 22.0 Å². The molecule has 0 aromatic carbocycles. The van der Waals surface area contributed by atoms with Crippen molar-refractivity contribution >= 4 is 17.2 Å². The number of nitrogens with zero attached hydrogens (tertiary/aromatic N) is 2. The standard InChI is InChI=1S/C13H17N3OS/c1-2-12-8-11(9-18-12)13(17)15-4-3-6-16-7-5-14-10-16/h5,7-10H,2-4,6H2,1H3,(H,15,17). The van der Waals surface area contributed by atoms with E-state index in [2.05, 4.69) is 17.2 Å². The summed E-state index contributed by atoms with van der Waals surface area (Å²) in [5.74, 6) is 0.0246. The second kappa shape index (κ2) is 6.35. The van der Waals surface area contributed by atoms with Gasteiger partial charge in [-0.05, 0) is 18.9 Å². The topological polar surface area (TPSA) is 46.9 Å². The molecule has 0 atom stereocenters. The van der Waals surface area contributed by atoms with Crippen molar-refractivity contribution in [2.45, 2.75) is 26.3 Å². The number of hydrogen-bond donors (Lipinski definition) is 1. The molecule has 2 rings (SSSR count). The first-order valence-electron chi connectivity index (χ1n) is 6.11. The summed E-state index contributed by atoms with van der Waals surface area (Å²) in [7, 11) is 0. The summed E-state index contributed by atoms with van der Waals surface area (Å²) in [5, 5.41) is 4.85. The van der Waals surface area contributed by atoms with Crippen LogP contribution in [0.5, 0.6) is 0 Å². The Bertz CT molecular complexity index is 490. The van der Waals surface area contributed by atoms with E-state index in [9.17, 15) is 4.79 Å². The summed E-state index contributed by atoms with van der Waals surface area (Å²) in [6.45, 7) is 3.66. The van der Waals surface area contributed by atoms with Crippen molar-refractivity contribution in [2.75, 3.05) is 6.54 Å². The Morgan fingerprint density at radius 3 is 3.11 bits per heavy atom. The molecule has 2 aromatic rings. The molecule has 96 valence electrons. The average molecular weight is 263 g/mol. The maximum Gasteiger partial charge on any atom is 0.252 e. The Kier molecular flexibility index (Phi) is 4.52. The minimum absolute atomic E-state index is 0.0246. The van der Waals surface area contributed by atoms with E-state index in [1.54, 1.807) is 23.9 Å². The molecule has 0 unspecified atom stereocenters. The Balaban J connectivity index is 1.71. The lowest BCUT2D eigenvalue weighted by molar-refractivity contribution is 0.0953. The minimum atomic E-state index is 0.0246. The summed E-state index contributed by atoms with van der Waals surface area (Å²) < 4.78 is 2.01. The van der Waals surface area contributed by atoms with E-state index in [0.29, 0.717) is 6.54 Å². The Morgan fingerprint density at radius 2 is 2.44 bits per heavy atom. The number of aryl methyl sites for hydroxylation is 2. The first kappa shape index (κ1) is 12.8. The normalized spacial score (nSPS) is 10.5. The highest BCUT2D eigenvalue weighted by atomic mass is 32.1. The van der Waals surface area contributed by atoms with Gasteiger partial charge < -0.3 is 9.88 Å². The molecule has 1 amide bonds. The molecule has 1 N–H and O–H groups in total. The predicted molar refractivity (Wildman–Crippen MR) is 72.9 cm³/mol. The van der Waals surface area contributed by atoms with Crippen molar-refractivity contribution < 1.29 is 4.79 Å². The van der Waals surface area contributed by atoms with Crippen LogP contribution in [0.2, 0.25) is 0 Å². The van der Waals surface area contributed by atoms with Crippen molar-refractivity contribution in [1.29, 1.82) is 0 Å². The molecule has 0 spiro atoms. The minimum Gasteiger partial charge on any atom is -0.352 e. The van der Waals surface area contributed by atoms with Crippen molar-refractivity contribution in [1.82, 2.24) is 14.9 Å². The fourth-order valence-electron chi connectivity index (χ4n) is 1.67. The molecule has 0 aliphatic carbocycles. The van der Waals surface area contributed by atoms with Gasteiger partial charge in [-0.3, -0.25) is 4.79 Å². The number of rotatable bonds is 6. The predicted octanol–water partition coefficient (Wildman–Crippen LogP) is 2.33. The molecule has 0 bridgehead atoms. The Hall–Kier alpha value is -1.62. The lowest BCUT2D eigenvalue weighted by atomic mass is 10.2. The van der Waals surface area contributed by atoms with Crippen LogP contribution in [-0.2, 0) is 13.0 Å². The Labute approximate surface area is 111 Å². The number of imidazole rings is 1. The van der Waals surface area contributed by atoms with Gasteiger partial charge in [0.25, 0.3) is 5.91 Å². The van der Waals surface area contributed by atoms with Gasteiger partial charge in [0.2, 0.25) is 0 Å². The van der Waals surface area contributed by atoms with Crippen molar-refractivity contribution in [3.05, 3.63) is 40.6 Å². The molecule has 18 heavy (non-hydrogen) atoms. The third kappa shape index (κ3) is 3.43. The fourth-order valence-corrected chi connectivity index (χ4v) is 2.48. The molecular formula is C13H17N3OS. The van der Waals surface area contributed by atoms with E-state index in [1.165, 1.54) is 4.88 Å². The molecule has 5 heteroatoms. The summed E-state index contributed by atoms with van der Waals surface area (Å²) in [5.41, 5.74) is 0.777. The molecule has 0 aliphatic rings. The SMILES string of the molecule is CCc1cc(C(=O)NCCCn2ccnc2)cs1. The number of carbonyl (C=O) groups is 1. The number of carbonyl (C=O) groups excluding carboxylic acids is 1. The third-order valence-electron chi connectivity index (χ3n) is 2.70. The van der Waals surface area contributed by atoms with E-state index in [1.807, 2.05) is 22.2 Å². The van der Waals surface area contributed by atoms with E-state index < -0.39 is 0 Å². The van der Waals surface area contributed by atoms with Crippen molar-refractivity contribution in [2.24, 2.45) is 0 Å². The fraction of sp³-hybridized carbons (Fsp3) is 0.385. The van der Waals surface area contributed by atoms with Crippen molar-refractivity contribution in [3.63, 3.8) is 0 Å². The maximum atomic E-state index is 11.8. The molecule has 0 fully saturated rings. The number of thiophene rings is 1. The second-order valence-corrected chi connectivity index (χ2v) is 5.06. The monoisotopic (exact) mass is 263 g/mol. The summed E-state index contributed by atoms with van der Waals surface area (Å²) in [6, 6.07) is 1.97. The average Bonchev–Trinajstić information content (AvgIpc) is 3.05. The van der Waals surface area contributed by atoms with Crippen LogP contribution in [0.3, 0.4) is 0 Å². The van der Waals surface area contributed by atoms with Crippen LogP contribution in [0.25, 0.3) is 0 Å². The van der Waals surface area contributed by atoms with Gasteiger partial charge in [0, 0.05) is 35.7 Å². The van der Waals surface area contributed by atoms with Crippen LogP contribution in [0.1, 0.15) is 28.6 Å². The molecule has 2 aromatic heterocycles. The zero-order chi connectivity index (χ0) is 12.8. The lowest BCUT2D eigenvalue weighted by Crippen LogP contribution is -2.24. The lowest BCUT2D eigenvalue weighted by Gasteiger charge is -2.04. The van der Waals surface area contributed by atoms with Gasteiger partial charge in [-0.1, -0.05) is 6.92 Å².